The second-order valence-corrected chi connectivity index (χ2v) is 7.46. The van der Waals surface area contributed by atoms with Gasteiger partial charge in [-0.1, -0.05) is 11.6 Å². The van der Waals surface area contributed by atoms with Gasteiger partial charge in [0.2, 0.25) is 10.0 Å². The van der Waals surface area contributed by atoms with Gasteiger partial charge >= 0.3 is 5.97 Å². The van der Waals surface area contributed by atoms with E-state index in [-0.39, 0.29) is 35.2 Å². The van der Waals surface area contributed by atoms with Crippen molar-refractivity contribution in [2.75, 3.05) is 26.9 Å². The fourth-order valence-electron chi connectivity index (χ4n) is 2.31. The lowest BCUT2D eigenvalue weighted by Crippen LogP contribution is -2.51. The Morgan fingerprint density at radius 2 is 2.22 bits per heavy atom. The number of morpholine rings is 1. The van der Waals surface area contributed by atoms with E-state index in [1.165, 1.54) is 29.6 Å². The van der Waals surface area contributed by atoms with Gasteiger partial charge in [0.25, 0.3) is 0 Å². The maximum Gasteiger partial charge on any atom is 0.337 e. The molecule has 0 aliphatic carbocycles. The van der Waals surface area contributed by atoms with Crippen LogP contribution in [0.2, 0.25) is 5.02 Å². The van der Waals surface area contributed by atoms with Crippen molar-refractivity contribution in [2.24, 2.45) is 0 Å². The maximum atomic E-state index is 12.9. The molecule has 23 heavy (non-hydrogen) atoms. The third kappa shape index (κ3) is 3.67. The second-order valence-electron chi connectivity index (χ2n) is 5.20. The molecule has 2 atom stereocenters. The highest BCUT2D eigenvalue weighted by Gasteiger charge is 2.36. The van der Waals surface area contributed by atoms with Crippen LogP contribution in [0, 0.1) is 0 Å². The van der Waals surface area contributed by atoms with Crippen LogP contribution in [-0.4, -0.2) is 62.8 Å². The summed E-state index contributed by atoms with van der Waals surface area (Å²) in [6, 6.07) is 3.52. The molecule has 1 aromatic rings. The van der Waals surface area contributed by atoms with Crippen LogP contribution in [0.3, 0.4) is 0 Å². The third-order valence-electron chi connectivity index (χ3n) is 3.59. The molecule has 0 unspecified atom stereocenters. The molecule has 128 valence electrons. The van der Waals surface area contributed by atoms with Crippen LogP contribution in [0.25, 0.3) is 0 Å². The Morgan fingerprint density at radius 3 is 2.83 bits per heavy atom. The standard InChI is InChI=1S/C14H18ClNO6S/c1-9-8-22-11(7-17)6-16(9)23(19,20)13-5-10(14(18)21-2)3-4-12(13)15/h3-5,9,11,17H,6-8H2,1-2H3/t9-,11+/m1/s1. The monoisotopic (exact) mass is 363 g/mol. The Labute approximate surface area is 139 Å². The summed E-state index contributed by atoms with van der Waals surface area (Å²) in [6.45, 7) is 1.59. The van der Waals surface area contributed by atoms with E-state index in [1.807, 2.05) is 0 Å². The molecule has 7 nitrogen and oxygen atoms in total. The van der Waals surface area contributed by atoms with Crippen LogP contribution in [-0.2, 0) is 19.5 Å². The lowest BCUT2D eigenvalue weighted by molar-refractivity contribution is -0.0516. The molecular formula is C14H18ClNO6S. The first-order valence-electron chi connectivity index (χ1n) is 6.93. The van der Waals surface area contributed by atoms with Crippen molar-refractivity contribution >= 4 is 27.6 Å². The fourth-order valence-corrected chi connectivity index (χ4v) is 4.46. The van der Waals surface area contributed by atoms with Crippen LogP contribution in [0.15, 0.2) is 23.1 Å². The van der Waals surface area contributed by atoms with Crippen molar-refractivity contribution in [3.05, 3.63) is 28.8 Å². The molecule has 1 aliphatic heterocycles. The van der Waals surface area contributed by atoms with E-state index < -0.39 is 28.1 Å². The van der Waals surface area contributed by atoms with Crippen LogP contribution in [0.1, 0.15) is 17.3 Å². The number of benzene rings is 1. The van der Waals surface area contributed by atoms with E-state index >= 15 is 0 Å². The summed E-state index contributed by atoms with van der Waals surface area (Å²) in [5, 5.41) is 9.21. The minimum atomic E-state index is -3.95. The summed E-state index contributed by atoms with van der Waals surface area (Å²) in [5.74, 6) is -0.652. The maximum absolute atomic E-state index is 12.9. The van der Waals surface area contributed by atoms with Crippen molar-refractivity contribution in [3.63, 3.8) is 0 Å². The highest BCUT2D eigenvalue weighted by molar-refractivity contribution is 7.89. The molecular weight excluding hydrogens is 346 g/mol. The van der Waals surface area contributed by atoms with Gasteiger partial charge in [-0.05, 0) is 25.1 Å². The van der Waals surface area contributed by atoms with Crippen LogP contribution in [0.5, 0.6) is 0 Å². The van der Waals surface area contributed by atoms with E-state index in [1.54, 1.807) is 6.92 Å². The molecule has 0 saturated carbocycles. The van der Waals surface area contributed by atoms with Crippen LogP contribution >= 0.6 is 11.6 Å². The molecule has 1 fully saturated rings. The third-order valence-corrected chi connectivity index (χ3v) is 6.05. The fraction of sp³-hybridized carbons (Fsp3) is 0.500. The molecule has 2 rings (SSSR count). The number of halogens is 1. The van der Waals surface area contributed by atoms with E-state index in [0.717, 1.165) is 0 Å². The Hall–Kier alpha value is -1.19. The number of ether oxygens (including phenoxy) is 2. The number of aliphatic hydroxyl groups excluding tert-OH is 1. The summed E-state index contributed by atoms with van der Waals surface area (Å²) in [6.07, 6.45) is -0.594. The van der Waals surface area contributed by atoms with Crippen molar-refractivity contribution < 1.29 is 27.8 Å². The summed E-state index contributed by atoms with van der Waals surface area (Å²) in [5.41, 5.74) is 0.0927. The quantitative estimate of drug-likeness (QED) is 0.799. The second kappa shape index (κ2) is 7.14. The van der Waals surface area contributed by atoms with Gasteiger partial charge in [-0.15, -0.1) is 0 Å². The predicted molar refractivity (Wildman–Crippen MR) is 83.0 cm³/mol. The Bertz CT molecular complexity index is 693. The number of rotatable bonds is 4. The Kier molecular flexibility index (Phi) is 5.64. The summed E-state index contributed by atoms with van der Waals surface area (Å²) in [7, 11) is -2.74. The van der Waals surface area contributed by atoms with E-state index in [0.29, 0.717) is 0 Å². The zero-order valence-electron chi connectivity index (χ0n) is 12.7. The smallest absolute Gasteiger partial charge is 0.337 e. The minimum absolute atomic E-state index is 0.0110. The molecule has 0 amide bonds. The van der Waals surface area contributed by atoms with Gasteiger partial charge in [-0.2, -0.15) is 4.31 Å². The molecule has 0 bridgehead atoms. The lowest BCUT2D eigenvalue weighted by Gasteiger charge is -2.36. The van der Waals surface area contributed by atoms with Crippen molar-refractivity contribution in [3.8, 4) is 0 Å². The molecule has 1 aliphatic rings. The van der Waals surface area contributed by atoms with Gasteiger partial charge in [-0.3, -0.25) is 0 Å². The van der Waals surface area contributed by atoms with Crippen LogP contribution < -0.4 is 0 Å². The lowest BCUT2D eigenvalue weighted by atomic mass is 10.2. The first-order valence-corrected chi connectivity index (χ1v) is 8.75. The van der Waals surface area contributed by atoms with Gasteiger partial charge in [0.1, 0.15) is 4.90 Å². The van der Waals surface area contributed by atoms with Gasteiger partial charge in [-0.25, -0.2) is 13.2 Å². The Balaban J connectivity index is 2.44. The van der Waals surface area contributed by atoms with Gasteiger partial charge in [0, 0.05) is 12.6 Å². The minimum Gasteiger partial charge on any atom is -0.465 e. The van der Waals surface area contributed by atoms with E-state index in [9.17, 15) is 18.3 Å². The summed E-state index contributed by atoms with van der Waals surface area (Å²) >= 11 is 6.03. The number of hydrogen-bond donors (Lipinski definition) is 1. The number of methoxy groups -OCH3 is 1. The highest BCUT2D eigenvalue weighted by atomic mass is 35.5. The van der Waals surface area contributed by atoms with Gasteiger partial charge in [0.05, 0.1) is 37.0 Å². The zero-order chi connectivity index (χ0) is 17.2. The largest absolute Gasteiger partial charge is 0.465 e. The van der Waals surface area contributed by atoms with Crippen molar-refractivity contribution in [1.82, 2.24) is 4.31 Å². The van der Waals surface area contributed by atoms with Gasteiger partial charge in [0.15, 0.2) is 0 Å². The van der Waals surface area contributed by atoms with Crippen molar-refractivity contribution in [1.29, 1.82) is 0 Å². The number of nitrogens with zero attached hydrogens (tertiary/aromatic N) is 1. The number of aliphatic hydroxyl groups is 1. The molecule has 1 aromatic carbocycles. The average molecular weight is 364 g/mol. The number of carbonyl (C=O) groups is 1. The first-order chi connectivity index (χ1) is 10.8. The van der Waals surface area contributed by atoms with E-state index in [4.69, 9.17) is 16.3 Å². The molecule has 1 saturated heterocycles. The average Bonchev–Trinajstić information content (AvgIpc) is 2.54. The molecule has 1 heterocycles. The SMILES string of the molecule is COC(=O)c1ccc(Cl)c(S(=O)(=O)N2C[C@@H](CO)OC[C@H]2C)c1. The van der Waals surface area contributed by atoms with E-state index in [2.05, 4.69) is 4.74 Å². The topological polar surface area (TPSA) is 93.1 Å². The van der Waals surface area contributed by atoms with Crippen molar-refractivity contribution in [2.45, 2.75) is 24.0 Å². The van der Waals surface area contributed by atoms with Crippen LogP contribution in [0.4, 0.5) is 0 Å². The van der Waals surface area contributed by atoms with Gasteiger partial charge < -0.3 is 14.6 Å². The predicted octanol–water partition coefficient (Wildman–Crippen LogP) is 0.897. The number of sulfonamides is 1. The number of hydrogen-bond acceptors (Lipinski definition) is 6. The molecule has 1 N–H and O–H groups in total. The molecule has 9 heteroatoms. The summed E-state index contributed by atoms with van der Waals surface area (Å²) < 4.78 is 37.0. The normalized spacial score (nSPS) is 22.8. The zero-order valence-corrected chi connectivity index (χ0v) is 14.3. The first kappa shape index (κ1) is 18.2. The molecule has 0 spiro atoms. The highest BCUT2D eigenvalue weighted by Crippen LogP contribution is 2.29. The summed E-state index contributed by atoms with van der Waals surface area (Å²) in [4.78, 5) is 11.4. The Morgan fingerprint density at radius 1 is 1.52 bits per heavy atom. The molecule has 0 aromatic heterocycles. The number of esters is 1. The molecule has 0 radical (unpaired) electrons. The number of carbonyl (C=O) groups excluding carboxylic acids is 1.